The molecule has 4 aromatic rings. The average molecular weight is 515 g/mol. The lowest BCUT2D eigenvalue weighted by Crippen LogP contribution is -2.47. The van der Waals surface area contributed by atoms with Crippen molar-refractivity contribution in [1.29, 1.82) is 0 Å². The summed E-state index contributed by atoms with van der Waals surface area (Å²) in [6, 6.07) is 17.2. The van der Waals surface area contributed by atoms with Crippen LogP contribution in [0.4, 0.5) is 5.69 Å². The summed E-state index contributed by atoms with van der Waals surface area (Å²) in [5.41, 5.74) is 2.19. The number of carbonyl (C=O) groups is 2. The second-order valence-electron chi connectivity index (χ2n) is 9.33. The Labute approximate surface area is 220 Å². The van der Waals surface area contributed by atoms with Crippen molar-refractivity contribution in [3.63, 3.8) is 0 Å². The van der Waals surface area contributed by atoms with E-state index in [1.54, 1.807) is 31.4 Å². The smallest absolute Gasteiger partial charge is 0.251 e. The van der Waals surface area contributed by atoms with Gasteiger partial charge in [-0.3, -0.25) is 14.5 Å². The number of furan rings is 1. The van der Waals surface area contributed by atoms with Gasteiger partial charge in [0.1, 0.15) is 18.1 Å². The van der Waals surface area contributed by atoms with Crippen molar-refractivity contribution in [1.82, 2.24) is 25.5 Å². The normalized spacial score (nSPS) is 14.3. The summed E-state index contributed by atoms with van der Waals surface area (Å²) in [4.78, 5) is 30.3. The van der Waals surface area contributed by atoms with Crippen molar-refractivity contribution in [2.45, 2.75) is 51.2 Å². The zero-order valence-electron chi connectivity index (χ0n) is 21.4. The van der Waals surface area contributed by atoms with Crippen LogP contribution in [0.2, 0.25) is 0 Å². The molecule has 1 aliphatic carbocycles. The molecule has 1 saturated carbocycles. The molecule has 0 aliphatic heterocycles. The highest BCUT2D eigenvalue weighted by atomic mass is 16.5. The molecule has 0 spiro atoms. The molecule has 2 aromatic carbocycles. The lowest BCUT2D eigenvalue weighted by Gasteiger charge is -2.31. The summed E-state index contributed by atoms with van der Waals surface area (Å²) in [6.45, 7) is 1.69. The number of nitrogens with one attached hydrogen (secondary N) is 1. The largest absolute Gasteiger partial charge is 0.497 e. The SMILES string of the molecule is COc1ccc(-c2nnn(CC(=O)N(c3ccccc3C)[C@@H](C(=O)NC3CCCC3)c3ccco3)n2)cc1. The molecule has 0 bridgehead atoms. The number of ether oxygens (including phenoxy) is 1. The number of aryl methyl sites for hydroxylation is 1. The highest BCUT2D eigenvalue weighted by Gasteiger charge is 2.37. The Morgan fingerprint density at radius 1 is 1.11 bits per heavy atom. The number of para-hydroxylation sites is 1. The summed E-state index contributed by atoms with van der Waals surface area (Å²) in [5, 5.41) is 15.8. The second kappa shape index (κ2) is 11.3. The van der Waals surface area contributed by atoms with Gasteiger partial charge in [-0.05, 0) is 73.0 Å². The topological polar surface area (TPSA) is 115 Å². The molecule has 38 heavy (non-hydrogen) atoms. The Bertz CT molecular complexity index is 1380. The van der Waals surface area contributed by atoms with E-state index in [1.807, 2.05) is 43.3 Å². The van der Waals surface area contributed by atoms with E-state index in [0.717, 1.165) is 36.8 Å². The Morgan fingerprint density at radius 3 is 2.55 bits per heavy atom. The molecule has 1 N–H and O–H groups in total. The van der Waals surface area contributed by atoms with Crippen LogP contribution in [0.3, 0.4) is 0 Å². The van der Waals surface area contributed by atoms with Crippen molar-refractivity contribution in [3.8, 4) is 17.1 Å². The zero-order chi connectivity index (χ0) is 26.5. The van der Waals surface area contributed by atoms with Crippen molar-refractivity contribution in [2.24, 2.45) is 0 Å². The molecule has 10 nitrogen and oxygen atoms in total. The number of nitrogens with zero attached hydrogens (tertiary/aromatic N) is 5. The second-order valence-corrected chi connectivity index (χ2v) is 9.33. The molecule has 10 heteroatoms. The number of aromatic nitrogens is 4. The summed E-state index contributed by atoms with van der Waals surface area (Å²) in [6.07, 6.45) is 5.50. The van der Waals surface area contributed by atoms with Crippen LogP contribution in [0.1, 0.15) is 43.0 Å². The molecular weight excluding hydrogens is 484 g/mol. The third kappa shape index (κ3) is 5.44. The number of tetrazole rings is 1. The van der Waals surface area contributed by atoms with Crippen LogP contribution in [-0.4, -0.2) is 45.2 Å². The highest BCUT2D eigenvalue weighted by Crippen LogP contribution is 2.32. The minimum absolute atomic E-state index is 0.0813. The lowest BCUT2D eigenvalue weighted by atomic mass is 10.1. The Morgan fingerprint density at radius 2 is 1.87 bits per heavy atom. The van der Waals surface area contributed by atoms with Gasteiger partial charge in [-0.1, -0.05) is 31.0 Å². The molecule has 0 radical (unpaired) electrons. The summed E-state index contributed by atoms with van der Waals surface area (Å²) < 4.78 is 10.9. The number of carbonyl (C=O) groups excluding carboxylic acids is 2. The third-order valence-corrected chi connectivity index (χ3v) is 6.74. The maximum absolute atomic E-state index is 13.9. The van der Waals surface area contributed by atoms with Gasteiger partial charge < -0.3 is 14.5 Å². The first-order chi connectivity index (χ1) is 18.5. The van der Waals surface area contributed by atoms with E-state index >= 15 is 0 Å². The lowest BCUT2D eigenvalue weighted by molar-refractivity contribution is -0.128. The molecule has 2 aromatic heterocycles. The average Bonchev–Trinajstić information content (AvgIpc) is 3.72. The number of hydrogen-bond donors (Lipinski definition) is 1. The maximum atomic E-state index is 13.9. The van der Waals surface area contributed by atoms with Gasteiger partial charge >= 0.3 is 0 Å². The highest BCUT2D eigenvalue weighted by molar-refractivity contribution is 6.01. The number of anilines is 1. The number of hydrogen-bond acceptors (Lipinski definition) is 7. The van der Waals surface area contributed by atoms with Crippen molar-refractivity contribution < 1.29 is 18.7 Å². The van der Waals surface area contributed by atoms with E-state index in [2.05, 4.69) is 20.7 Å². The minimum Gasteiger partial charge on any atom is -0.497 e. The molecule has 1 aliphatic rings. The van der Waals surface area contributed by atoms with E-state index in [0.29, 0.717) is 23.0 Å². The number of methoxy groups -OCH3 is 1. The first kappa shape index (κ1) is 25.2. The summed E-state index contributed by atoms with van der Waals surface area (Å²) in [7, 11) is 1.60. The van der Waals surface area contributed by atoms with Gasteiger partial charge in [-0.2, -0.15) is 4.80 Å². The fraction of sp³-hybridized carbons (Fsp3) is 0.321. The standard InChI is InChI=1S/C28H30N6O4/c1-19-8-3-6-11-23(19)34(26(24-12-7-17-38-24)28(36)29-21-9-4-5-10-21)25(35)18-33-31-27(30-32-33)20-13-15-22(37-2)16-14-20/h3,6-8,11-17,21,26H,4-5,9-10,18H2,1-2H3,(H,29,36)/t26-/m1/s1. The Kier molecular flexibility index (Phi) is 7.48. The first-order valence-electron chi connectivity index (χ1n) is 12.7. The van der Waals surface area contributed by atoms with Crippen molar-refractivity contribution >= 4 is 17.5 Å². The van der Waals surface area contributed by atoms with E-state index in [-0.39, 0.29) is 24.4 Å². The predicted molar refractivity (Wildman–Crippen MR) is 140 cm³/mol. The van der Waals surface area contributed by atoms with Gasteiger partial charge in [-0.25, -0.2) is 0 Å². The Hall–Kier alpha value is -4.47. The molecule has 5 rings (SSSR count). The summed E-state index contributed by atoms with van der Waals surface area (Å²) >= 11 is 0. The van der Waals surface area contributed by atoms with Crippen LogP contribution in [-0.2, 0) is 16.1 Å². The Balaban J connectivity index is 1.46. The zero-order valence-corrected chi connectivity index (χ0v) is 21.4. The van der Waals surface area contributed by atoms with Crippen LogP contribution in [0, 0.1) is 6.92 Å². The van der Waals surface area contributed by atoms with Crippen LogP contribution in [0.25, 0.3) is 11.4 Å². The van der Waals surface area contributed by atoms with E-state index < -0.39 is 6.04 Å². The molecular formula is C28H30N6O4. The van der Waals surface area contributed by atoms with E-state index in [1.165, 1.54) is 16.0 Å². The van der Waals surface area contributed by atoms with Crippen molar-refractivity contribution in [3.05, 3.63) is 78.3 Å². The van der Waals surface area contributed by atoms with Crippen molar-refractivity contribution in [2.75, 3.05) is 12.0 Å². The van der Waals surface area contributed by atoms with Gasteiger partial charge in [-0.15, -0.1) is 10.2 Å². The predicted octanol–water partition coefficient (Wildman–Crippen LogP) is 4.08. The maximum Gasteiger partial charge on any atom is 0.251 e. The molecule has 0 saturated heterocycles. The van der Waals surface area contributed by atoms with Gasteiger partial charge in [0.05, 0.1) is 13.4 Å². The minimum atomic E-state index is -0.996. The number of amides is 2. The van der Waals surface area contributed by atoms with Gasteiger partial charge in [0, 0.05) is 17.3 Å². The van der Waals surface area contributed by atoms with Gasteiger partial charge in [0.25, 0.3) is 11.8 Å². The number of benzene rings is 2. The molecule has 2 amide bonds. The van der Waals surface area contributed by atoms with Crippen LogP contribution in [0.5, 0.6) is 5.75 Å². The van der Waals surface area contributed by atoms with E-state index in [9.17, 15) is 9.59 Å². The van der Waals surface area contributed by atoms with Crippen LogP contribution >= 0.6 is 0 Å². The third-order valence-electron chi connectivity index (χ3n) is 6.74. The number of rotatable bonds is 9. The first-order valence-corrected chi connectivity index (χ1v) is 12.7. The molecule has 1 atom stereocenters. The fourth-order valence-corrected chi connectivity index (χ4v) is 4.78. The molecule has 196 valence electrons. The van der Waals surface area contributed by atoms with Crippen LogP contribution < -0.4 is 15.0 Å². The van der Waals surface area contributed by atoms with Gasteiger partial charge in [0.2, 0.25) is 5.82 Å². The quantitative estimate of drug-likeness (QED) is 0.358. The molecule has 1 fully saturated rings. The van der Waals surface area contributed by atoms with Gasteiger partial charge in [0.15, 0.2) is 6.04 Å². The monoisotopic (exact) mass is 514 g/mol. The van der Waals surface area contributed by atoms with Crippen LogP contribution in [0.15, 0.2) is 71.3 Å². The summed E-state index contributed by atoms with van der Waals surface area (Å²) in [5.74, 6) is 0.812. The molecule has 2 heterocycles. The van der Waals surface area contributed by atoms with E-state index in [4.69, 9.17) is 9.15 Å². The fourth-order valence-electron chi connectivity index (χ4n) is 4.78. The molecule has 0 unspecified atom stereocenters.